The highest BCUT2D eigenvalue weighted by molar-refractivity contribution is 5.95. The van der Waals surface area contributed by atoms with Crippen LogP contribution in [-0.4, -0.2) is 39.6 Å². The van der Waals surface area contributed by atoms with Crippen molar-refractivity contribution in [3.63, 3.8) is 0 Å². The van der Waals surface area contributed by atoms with Crippen molar-refractivity contribution in [2.24, 2.45) is 5.92 Å². The molecule has 0 spiro atoms. The molecule has 2 atom stereocenters. The maximum Gasteiger partial charge on any atom is 0.326 e. The van der Waals surface area contributed by atoms with Crippen LogP contribution in [0, 0.1) is 12.8 Å². The fourth-order valence-corrected chi connectivity index (χ4v) is 2.25. The lowest BCUT2D eigenvalue weighted by Crippen LogP contribution is -2.50. The molecule has 1 aliphatic heterocycles. The minimum atomic E-state index is -0.963. The van der Waals surface area contributed by atoms with Gasteiger partial charge in [0.05, 0.1) is 0 Å². The summed E-state index contributed by atoms with van der Waals surface area (Å²) in [5.74, 6) is -0.492. The van der Waals surface area contributed by atoms with Gasteiger partial charge in [0.2, 0.25) is 0 Å². The van der Waals surface area contributed by atoms with E-state index < -0.39 is 12.0 Å². The molecule has 2 rings (SSSR count). The number of aromatic nitrogens is 1. The first-order valence-electron chi connectivity index (χ1n) is 5.96. The molecule has 0 radical (unpaired) electrons. The van der Waals surface area contributed by atoms with E-state index in [1.807, 2.05) is 6.92 Å². The van der Waals surface area contributed by atoms with Crippen LogP contribution in [0.4, 0.5) is 0 Å². The Balaban J connectivity index is 2.22. The Kier molecular flexibility index (Phi) is 3.36. The Labute approximate surface area is 105 Å². The molecule has 1 aromatic rings. The second-order valence-electron chi connectivity index (χ2n) is 4.82. The molecule has 2 unspecified atom stereocenters. The van der Waals surface area contributed by atoms with Crippen molar-refractivity contribution >= 4 is 11.9 Å². The molecule has 1 N–H and O–H groups in total. The number of hydrogen-bond acceptors (Lipinski definition) is 4. The summed E-state index contributed by atoms with van der Waals surface area (Å²) in [4.78, 5) is 24.8. The molecule has 6 nitrogen and oxygen atoms in total. The van der Waals surface area contributed by atoms with E-state index in [2.05, 4.69) is 5.16 Å². The Morgan fingerprint density at radius 2 is 2.22 bits per heavy atom. The highest BCUT2D eigenvalue weighted by Gasteiger charge is 2.35. The lowest BCUT2D eigenvalue weighted by Gasteiger charge is -2.35. The maximum atomic E-state index is 12.2. The van der Waals surface area contributed by atoms with Crippen LogP contribution in [0.5, 0.6) is 0 Å². The summed E-state index contributed by atoms with van der Waals surface area (Å²) in [6.45, 7) is 4.14. The summed E-state index contributed by atoms with van der Waals surface area (Å²) >= 11 is 0. The molecule has 1 fully saturated rings. The van der Waals surface area contributed by atoms with Crippen LogP contribution in [0.1, 0.15) is 36.0 Å². The van der Waals surface area contributed by atoms with Gasteiger partial charge in [0.25, 0.3) is 5.91 Å². The molecule has 2 heterocycles. The van der Waals surface area contributed by atoms with Gasteiger partial charge < -0.3 is 14.5 Å². The molecular formula is C12H16N2O4. The number of likely N-dealkylation sites (tertiary alicyclic amines) is 1. The quantitative estimate of drug-likeness (QED) is 0.857. The van der Waals surface area contributed by atoms with Crippen molar-refractivity contribution < 1.29 is 19.2 Å². The zero-order chi connectivity index (χ0) is 13.3. The first kappa shape index (κ1) is 12.6. The van der Waals surface area contributed by atoms with Gasteiger partial charge in [-0.15, -0.1) is 0 Å². The van der Waals surface area contributed by atoms with Gasteiger partial charge in [-0.25, -0.2) is 4.79 Å². The number of amides is 1. The standard InChI is InChI=1S/C12H16N2O4/c1-7-3-4-10(12(16)17)14(6-7)11(15)9-5-8(2)18-13-9/h5,7,10H,3-4,6H2,1-2H3,(H,16,17). The van der Waals surface area contributed by atoms with Gasteiger partial charge in [-0.2, -0.15) is 0 Å². The number of aryl methyl sites for hydroxylation is 1. The molecule has 18 heavy (non-hydrogen) atoms. The molecule has 1 aliphatic rings. The molecule has 0 aromatic carbocycles. The second-order valence-corrected chi connectivity index (χ2v) is 4.82. The largest absolute Gasteiger partial charge is 0.480 e. The van der Waals surface area contributed by atoms with Gasteiger partial charge in [0.1, 0.15) is 11.8 Å². The zero-order valence-corrected chi connectivity index (χ0v) is 10.4. The van der Waals surface area contributed by atoms with E-state index in [0.29, 0.717) is 24.6 Å². The number of carbonyl (C=O) groups is 2. The van der Waals surface area contributed by atoms with Crippen molar-refractivity contribution in [2.75, 3.05) is 6.54 Å². The van der Waals surface area contributed by atoms with Gasteiger partial charge in [-0.05, 0) is 25.7 Å². The van der Waals surface area contributed by atoms with Crippen LogP contribution in [0.3, 0.4) is 0 Å². The first-order chi connectivity index (χ1) is 8.49. The molecule has 1 aromatic heterocycles. The number of rotatable bonds is 2. The van der Waals surface area contributed by atoms with E-state index in [1.54, 1.807) is 6.92 Å². The number of carboxylic acid groups (broad SMARTS) is 1. The fourth-order valence-electron chi connectivity index (χ4n) is 2.25. The molecule has 1 saturated heterocycles. The van der Waals surface area contributed by atoms with Crippen molar-refractivity contribution in [3.05, 3.63) is 17.5 Å². The molecule has 0 saturated carbocycles. The molecule has 6 heteroatoms. The Bertz CT molecular complexity index is 468. The Hall–Kier alpha value is -1.85. The van der Waals surface area contributed by atoms with Crippen LogP contribution in [0.25, 0.3) is 0 Å². The molecular weight excluding hydrogens is 236 g/mol. The number of piperidine rings is 1. The van der Waals surface area contributed by atoms with Crippen molar-refractivity contribution in [1.82, 2.24) is 10.1 Å². The lowest BCUT2D eigenvalue weighted by atomic mass is 9.94. The average molecular weight is 252 g/mol. The highest BCUT2D eigenvalue weighted by atomic mass is 16.5. The predicted molar refractivity (Wildman–Crippen MR) is 62.1 cm³/mol. The van der Waals surface area contributed by atoms with Crippen molar-refractivity contribution in [2.45, 2.75) is 32.7 Å². The van der Waals surface area contributed by atoms with Gasteiger partial charge in [-0.1, -0.05) is 12.1 Å². The summed E-state index contributed by atoms with van der Waals surface area (Å²) in [5.41, 5.74) is 0.174. The van der Waals surface area contributed by atoms with E-state index in [-0.39, 0.29) is 11.6 Å². The van der Waals surface area contributed by atoms with Gasteiger partial charge in [0.15, 0.2) is 5.69 Å². The summed E-state index contributed by atoms with van der Waals surface area (Å²) in [5, 5.41) is 12.8. The molecule has 0 bridgehead atoms. The highest BCUT2D eigenvalue weighted by Crippen LogP contribution is 2.23. The fraction of sp³-hybridized carbons (Fsp3) is 0.583. The first-order valence-corrected chi connectivity index (χ1v) is 5.96. The van der Waals surface area contributed by atoms with Gasteiger partial charge >= 0.3 is 5.97 Å². The topological polar surface area (TPSA) is 83.6 Å². The monoisotopic (exact) mass is 252 g/mol. The summed E-state index contributed by atoms with van der Waals surface area (Å²) < 4.78 is 4.85. The molecule has 0 aliphatic carbocycles. The summed E-state index contributed by atoms with van der Waals surface area (Å²) in [6, 6.07) is 0.770. The smallest absolute Gasteiger partial charge is 0.326 e. The van der Waals surface area contributed by atoms with Crippen LogP contribution >= 0.6 is 0 Å². The SMILES string of the molecule is Cc1cc(C(=O)N2CC(C)CCC2C(=O)O)no1. The minimum Gasteiger partial charge on any atom is -0.480 e. The lowest BCUT2D eigenvalue weighted by molar-refractivity contribution is -0.143. The van der Waals surface area contributed by atoms with Crippen molar-refractivity contribution in [1.29, 1.82) is 0 Å². The minimum absolute atomic E-state index is 0.174. The summed E-state index contributed by atoms with van der Waals surface area (Å²) in [6.07, 6.45) is 1.30. The van der Waals surface area contributed by atoms with E-state index in [1.165, 1.54) is 11.0 Å². The Morgan fingerprint density at radius 3 is 2.78 bits per heavy atom. The maximum absolute atomic E-state index is 12.2. The zero-order valence-electron chi connectivity index (χ0n) is 10.4. The van der Waals surface area contributed by atoms with Crippen LogP contribution in [-0.2, 0) is 4.79 Å². The van der Waals surface area contributed by atoms with Gasteiger partial charge in [-0.3, -0.25) is 4.79 Å². The van der Waals surface area contributed by atoms with Crippen LogP contribution in [0.2, 0.25) is 0 Å². The van der Waals surface area contributed by atoms with Gasteiger partial charge in [0, 0.05) is 12.6 Å². The van der Waals surface area contributed by atoms with Crippen LogP contribution in [0.15, 0.2) is 10.6 Å². The van der Waals surface area contributed by atoms with E-state index >= 15 is 0 Å². The van der Waals surface area contributed by atoms with E-state index in [9.17, 15) is 9.59 Å². The second kappa shape index (κ2) is 4.80. The third kappa shape index (κ3) is 2.37. The van der Waals surface area contributed by atoms with E-state index in [4.69, 9.17) is 9.63 Å². The van der Waals surface area contributed by atoms with E-state index in [0.717, 1.165) is 6.42 Å². The number of hydrogen-bond donors (Lipinski definition) is 1. The summed E-state index contributed by atoms with van der Waals surface area (Å²) in [7, 11) is 0. The Morgan fingerprint density at radius 1 is 1.50 bits per heavy atom. The normalized spacial score (nSPS) is 24.0. The number of nitrogens with zero attached hydrogens (tertiary/aromatic N) is 2. The molecule has 1 amide bonds. The third-order valence-corrected chi connectivity index (χ3v) is 3.21. The third-order valence-electron chi connectivity index (χ3n) is 3.21. The number of carbonyl (C=O) groups excluding carboxylic acids is 1. The molecule has 98 valence electrons. The average Bonchev–Trinajstić information content (AvgIpc) is 2.74. The number of carboxylic acids is 1. The van der Waals surface area contributed by atoms with Crippen molar-refractivity contribution in [3.8, 4) is 0 Å². The number of aliphatic carboxylic acids is 1. The predicted octanol–water partition coefficient (Wildman–Crippen LogP) is 1.31. The van der Waals surface area contributed by atoms with Crippen LogP contribution < -0.4 is 0 Å².